The molecule has 0 aromatic carbocycles. The number of hydrogen-bond acceptors (Lipinski definition) is 4. The van der Waals surface area contributed by atoms with E-state index in [1.807, 2.05) is 0 Å². The van der Waals surface area contributed by atoms with Gasteiger partial charge in [0.15, 0.2) is 11.0 Å². The zero-order chi connectivity index (χ0) is 13.3. The smallest absolute Gasteiger partial charge is 0.273 e. The third-order valence-electron chi connectivity index (χ3n) is 2.24. The molecule has 0 aliphatic carbocycles. The standard InChI is InChI=1S/C10H9Cl2N5O/c1-17-3-5(13)2-6(17)10(18)16-9-7(11)8(12)14-4-15-9/h2-4H,13H2,1H3,(H,14,15,16,18). The van der Waals surface area contributed by atoms with Gasteiger partial charge in [-0.15, -0.1) is 0 Å². The molecule has 0 spiro atoms. The molecule has 0 radical (unpaired) electrons. The Kier molecular flexibility index (Phi) is 3.40. The maximum absolute atomic E-state index is 12.0. The molecular weight excluding hydrogens is 277 g/mol. The number of nitrogen functional groups attached to an aromatic ring is 1. The summed E-state index contributed by atoms with van der Waals surface area (Å²) in [5, 5.41) is 2.71. The molecule has 2 aromatic rings. The van der Waals surface area contributed by atoms with Crippen LogP contribution >= 0.6 is 23.2 Å². The number of nitrogens with one attached hydrogen (secondary N) is 1. The minimum absolute atomic E-state index is 0.0772. The van der Waals surface area contributed by atoms with Crippen molar-refractivity contribution in [2.45, 2.75) is 0 Å². The fourth-order valence-electron chi connectivity index (χ4n) is 1.42. The fraction of sp³-hybridized carbons (Fsp3) is 0.100. The number of rotatable bonds is 2. The highest BCUT2D eigenvalue weighted by Gasteiger charge is 2.15. The van der Waals surface area contributed by atoms with Crippen LogP contribution in [0.1, 0.15) is 10.5 Å². The SMILES string of the molecule is Cn1cc(N)cc1C(=O)Nc1ncnc(Cl)c1Cl. The van der Waals surface area contributed by atoms with Crippen molar-refractivity contribution < 1.29 is 4.79 Å². The number of halogens is 2. The van der Waals surface area contributed by atoms with E-state index in [4.69, 9.17) is 28.9 Å². The van der Waals surface area contributed by atoms with Crippen molar-refractivity contribution in [1.82, 2.24) is 14.5 Å². The van der Waals surface area contributed by atoms with Gasteiger partial charge in [0.25, 0.3) is 5.91 Å². The van der Waals surface area contributed by atoms with Gasteiger partial charge in [0.1, 0.15) is 17.0 Å². The predicted molar refractivity (Wildman–Crippen MR) is 69.8 cm³/mol. The molecule has 6 nitrogen and oxygen atoms in total. The van der Waals surface area contributed by atoms with Crippen molar-refractivity contribution >= 4 is 40.6 Å². The number of carbonyl (C=O) groups is 1. The van der Waals surface area contributed by atoms with E-state index in [-0.39, 0.29) is 21.9 Å². The summed E-state index contributed by atoms with van der Waals surface area (Å²) in [4.78, 5) is 19.5. The quantitative estimate of drug-likeness (QED) is 0.826. The van der Waals surface area contributed by atoms with E-state index in [1.54, 1.807) is 23.9 Å². The first kappa shape index (κ1) is 12.7. The highest BCUT2D eigenvalue weighted by atomic mass is 35.5. The third kappa shape index (κ3) is 2.39. The predicted octanol–water partition coefficient (Wildman–Crippen LogP) is 1.96. The lowest BCUT2D eigenvalue weighted by molar-refractivity contribution is 0.101. The molecule has 3 N–H and O–H groups in total. The van der Waals surface area contributed by atoms with Crippen molar-refractivity contribution in [3.63, 3.8) is 0 Å². The lowest BCUT2D eigenvalue weighted by Gasteiger charge is -2.06. The summed E-state index contributed by atoms with van der Waals surface area (Å²) in [7, 11) is 1.71. The van der Waals surface area contributed by atoms with E-state index in [1.165, 1.54) is 6.33 Å². The van der Waals surface area contributed by atoms with Crippen LogP contribution in [0.3, 0.4) is 0 Å². The Hall–Kier alpha value is -1.79. The highest BCUT2D eigenvalue weighted by molar-refractivity contribution is 6.43. The number of nitrogens with two attached hydrogens (primary N) is 1. The van der Waals surface area contributed by atoms with Gasteiger partial charge in [0.2, 0.25) is 0 Å². The average molecular weight is 286 g/mol. The van der Waals surface area contributed by atoms with Gasteiger partial charge in [-0.1, -0.05) is 23.2 Å². The van der Waals surface area contributed by atoms with Gasteiger partial charge >= 0.3 is 0 Å². The van der Waals surface area contributed by atoms with Crippen LogP contribution in [0.5, 0.6) is 0 Å². The largest absolute Gasteiger partial charge is 0.397 e. The second-order valence-electron chi connectivity index (χ2n) is 3.55. The molecule has 8 heteroatoms. The molecule has 0 fully saturated rings. The fourth-order valence-corrected chi connectivity index (χ4v) is 1.70. The van der Waals surface area contributed by atoms with Gasteiger partial charge < -0.3 is 15.6 Å². The Balaban J connectivity index is 2.27. The maximum Gasteiger partial charge on any atom is 0.273 e. The van der Waals surface area contributed by atoms with Crippen LogP contribution in [-0.4, -0.2) is 20.4 Å². The number of nitrogens with zero attached hydrogens (tertiary/aromatic N) is 3. The average Bonchev–Trinajstić information content (AvgIpc) is 2.64. The van der Waals surface area contributed by atoms with Gasteiger partial charge in [0, 0.05) is 13.2 Å². The molecule has 18 heavy (non-hydrogen) atoms. The van der Waals surface area contributed by atoms with Gasteiger partial charge in [-0.05, 0) is 6.07 Å². The molecule has 1 amide bonds. The second-order valence-corrected chi connectivity index (χ2v) is 4.29. The van der Waals surface area contributed by atoms with Crippen molar-refractivity contribution in [3.8, 4) is 0 Å². The maximum atomic E-state index is 12.0. The third-order valence-corrected chi connectivity index (χ3v) is 2.98. The number of anilines is 2. The Bertz CT molecular complexity index is 610. The Morgan fingerprint density at radius 2 is 2.17 bits per heavy atom. The lowest BCUT2D eigenvalue weighted by Crippen LogP contribution is -2.16. The molecule has 0 aliphatic heterocycles. The Labute approximate surface area is 113 Å². The van der Waals surface area contributed by atoms with Crippen molar-refractivity contribution in [2.24, 2.45) is 7.05 Å². The van der Waals surface area contributed by atoms with Crippen LogP contribution < -0.4 is 11.1 Å². The first-order valence-electron chi connectivity index (χ1n) is 4.88. The molecule has 2 heterocycles. The number of hydrogen-bond donors (Lipinski definition) is 2. The molecule has 94 valence electrons. The molecule has 0 unspecified atom stereocenters. The van der Waals surface area contributed by atoms with E-state index < -0.39 is 0 Å². The van der Waals surface area contributed by atoms with Gasteiger partial charge in [-0.25, -0.2) is 9.97 Å². The normalized spacial score (nSPS) is 10.4. The topological polar surface area (TPSA) is 85.8 Å². The summed E-state index contributed by atoms with van der Waals surface area (Å²) >= 11 is 11.6. The summed E-state index contributed by atoms with van der Waals surface area (Å²) in [6, 6.07) is 1.55. The molecule has 2 aromatic heterocycles. The Morgan fingerprint density at radius 3 is 2.78 bits per heavy atom. The van der Waals surface area contributed by atoms with Crippen LogP contribution in [0, 0.1) is 0 Å². The van der Waals surface area contributed by atoms with E-state index in [0.29, 0.717) is 11.4 Å². The number of aromatic nitrogens is 3. The van der Waals surface area contributed by atoms with E-state index in [0.717, 1.165) is 0 Å². The molecule has 0 aliphatic rings. The number of carbonyl (C=O) groups excluding carboxylic acids is 1. The summed E-state index contributed by atoms with van der Waals surface area (Å²) < 4.78 is 1.60. The number of aryl methyl sites for hydroxylation is 1. The van der Waals surface area contributed by atoms with Gasteiger partial charge in [-0.3, -0.25) is 4.79 Å². The zero-order valence-electron chi connectivity index (χ0n) is 9.32. The van der Waals surface area contributed by atoms with Crippen LogP contribution in [0.15, 0.2) is 18.6 Å². The summed E-state index contributed by atoms with van der Waals surface area (Å²) in [6.07, 6.45) is 2.84. The molecule has 0 saturated carbocycles. The zero-order valence-corrected chi connectivity index (χ0v) is 10.8. The van der Waals surface area contributed by atoms with Crippen molar-refractivity contribution in [1.29, 1.82) is 0 Å². The van der Waals surface area contributed by atoms with Crippen LogP contribution in [-0.2, 0) is 7.05 Å². The van der Waals surface area contributed by atoms with Crippen LogP contribution in [0.2, 0.25) is 10.2 Å². The monoisotopic (exact) mass is 285 g/mol. The Morgan fingerprint density at radius 1 is 1.44 bits per heavy atom. The molecule has 2 rings (SSSR count). The minimum Gasteiger partial charge on any atom is -0.397 e. The number of amides is 1. The molecule has 0 saturated heterocycles. The summed E-state index contributed by atoms with van der Waals surface area (Å²) in [6.45, 7) is 0. The van der Waals surface area contributed by atoms with Gasteiger partial charge in [-0.2, -0.15) is 0 Å². The summed E-state index contributed by atoms with van der Waals surface area (Å²) in [5.41, 5.74) is 6.47. The first-order valence-corrected chi connectivity index (χ1v) is 5.64. The first-order chi connectivity index (χ1) is 8.49. The highest BCUT2D eigenvalue weighted by Crippen LogP contribution is 2.25. The van der Waals surface area contributed by atoms with E-state index in [9.17, 15) is 4.79 Å². The summed E-state index contributed by atoms with van der Waals surface area (Å²) in [5.74, 6) is -0.229. The van der Waals surface area contributed by atoms with Crippen molar-refractivity contribution in [3.05, 3.63) is 34.5 Å². The molecule has 0 atom stereocenters. The van der Waals surface area contributed by atoms with E-state index >= 15 is 0 Å². The minimum atomic E-state index is -0.383. The van der Waals surface area contributed by atoms with Gasteiger partial charge in [0.05, 0.1) is 5.69 Å². The second kappa shape index (κ2) is 4.83. The van der Waals surface area contributed by atoms with Crippen LogP contribution in [0.4, 0.5) is 11.5 Å². The lowest BCUT2D eigenvalue weighted by atomic mass is 10.4. The van der Waals surface area contributed by atoms with E-state index in [2.05, 4.69) is 15.3 Å². The molecule has 0 bridgehead atoms. The van der Waals surface area contributed by atoms with Crippen molar-refractivity contribution in [2.75, 3.05) is 11.1 Å². The van der Waals surface area contributed by atoms with Crippen LogP contribution in [0.25, 0.3) is 0 Å². The molecular formula is C10H9Cl2N5O.